The summed E-state index contributed by atoms with van der Waals surface area (Å²) in [7, 11) is 0. The quantitative estimate of drug-likeness (QED) is 0.808. The Bertz CT molecular complexity index is 694. The molecule has 108 valence electrons. The molecule has 0 bridgehead atoms. The summed E-state index contributed by atoms with van der Waals surface area (Å²) in [4.78, 5) is 12.5. The molecule has 0 aliphatic carbocycles. The fraction of sp³-hybridized carbons (Fsp3) is 0.235. The van der Waals surface area contributed by atoms with Crippen LogP contribution in [0.3, 0.4) is 0 Å². The molecule has 0 radical (unpaired) electrons. The van der Waals surface area contributed by atoms with Gasteiger partial charge in [0.15, 0.2) is 17.3 Å². The second-order valence-corrected chi connectivity index (χ2v) is 5.47. The van der Waals surface area contributed by atoms with Crippen LogP contribution in [0.2, 0.25) is 5.02 Å². The first-order valence-electron chi connectivity index (χ1n) is 6.81. The number of ether oxygens (including phenoxy) is 2. The second kappa shape index (κ2) is 5.78. The number of Topliss-reactive ketones (excluding diaryl/α,β-unsaturated/α-hetero) is 1. The summed E-state index contributed by atoms with van der Waals surface area (Å²) in [5.74, 6) is 1.15. The normalized spacial score (nSPS) is 13.0. The maximum atomic E-state index is 12.5. The molecule has 0 spiro atoms. The molecule has 0 fully saturated rings. The van der Waals surface area contributed by atoms with Gasteiger partial charge in [0.05, 0.1) is 5.02 Å². The average molecular weight is 303 g/mol. The predicted octanol–water partition coefficient (Wildman–Crippen LogP) is 3.85. The van der Waals surface area contributed by atoms with Crippen molar-refractivity contribution in [1.29, 1.82) is 0 Å². The molecule has 2 aromatic rings. The lowest BCUT2D eigenvalue weighted by Gasteiger charge is -2.19. The van der Waals surface area contributed by atoms with Gasteiger partial charge in [0.2, 0.25) is 0 Å². The van der Waals surface area contributed by atoms with Crippen molar-refractivity contribution in [2.45, 2.75) is 13.3 Å². The predicted molar refractivity (Wildman–Crippen MR) is 81.7 cm³/mol. The molecule has 21 heavy (non-hydrogen) atoms. The third kappa shape index (κ3) is 3.03. The van der Waals surface area contributed by atoms with Crippen LogP contribution in [-0.4, -0.2) is 19.0 Å². The molecule has 0 unspecified atom stereocenters. The Kier molecular flexibility index (Phi) is 3.84. The van der Waals surface area contributed by atoms with Crippen LogP contribution >= 0.6 is 11.6 Å². The lowest BCUT2D eigenvalue weighted by atomic mass is 10.0. The first kappa shape index (κ1) is 14.0. The summed E-state index contributed by atoms with van der Waals surface area (Å²) in [6.45, 7) is 2.99. The molecule has 3 nitrogen and oxygen atoms in total. The number of fused-ring (bicyclic) bond motifs is 1. The minimum atomic E-state index is -0.0254. The molecule has 0 saturated heterocycles. The number of hydrogen-bond acceptors (Lipinski definition) is 3. The van der Waals surface area contributed by atoms with Crippen molar-refractivity contribution in [2.24, 2.45) is 0 Å². The Balaban J connectivity index is 1.87. The molecule has 1 aliphatic rings. The second-order valence-electron chi connectivity index (χ2n) is 5.06. The van der Waals surface area contributed by atoms with E-state index in [2.05, 4.69) is 0 Å². The molecule has 2 aromatic carbocycles. The van der Waals surface area contributed by atoms with E-state index in [-0.39, 0.29) is 5.78 Å². The van der Waals surface area contributed by atoms with Crippen LogP contribution in [0.5, 0.6) is 11.5 Å². The highest BCUT2D eigenvalue weighted by Gasteiger charge is 2.19. The maximum Gasteiger partial charge on any atom is 0.168 e. The summed E-state index contributed by atoms with van der Waals surface area (Å²) >= 11 is 6.20. The van der Waals surface area contributed by atoms with E-state index in [0.717, 1.165) is 11.1 Å². The van der Waals surface area contributed by atoms with E-state index in [1.54, 1.807) is 12.1 Å². The molecule has 0 atom stereocenters. The van der Waals surface area contributed by atoms with Gasteiger partial charge in [0.1, 0.15) is 13.2 Å². The van der Waals surface area contributed by atoms with E-state index >= 15 is 0 Å². The molecule has 0 amide bonds. The van der Waals surface area contributed by atoms with Gasteiger partial charge in [-0.1, -0.05) is 41.4 Å². The van der Waals surface area contributed by atoms with Crippen LogP contribution < -0.4 is 9.47 Å². The van der Waals surface area contributed by atoms with Crippen molar-refractivity contribution < 1.29 is 14.3 Å². The lowest BCUT2D eigenvalue weighted by molar-refractivity contribution is 0.0992. The minimum Gasteiger partial charge on any atom is -0.486 e. The zero-order chi connectivity index (χ0) is 14.8. The van der Waals surface area contributed by atoms with Gasteiger partial charge < -0.3 is 9.47 Å². The fourth-order valence-electron chi connectivity index (χ4n) is 2.38. The Morgan fingerprint density at radius 1 is 1.14 bits per heavy atom. The molecule has 3 rings (SSSR count). The van der Waals surface area contributed by atoms with Crippen LogP contribution in [0.15, 0.2) is 36.4 Å². The van der Waals surface area contributed by atoms with Crippen LogP contribution in [0.4, 0.5) is 0 Å². The zero-order valence-corrected chi connectivity index (χ0v) is 12.4. The van der Waals surface area contributed by atoms with Crippen molar-refractivity contribution in [2.75, 3.05) is 13.2 Å². The number of carbonyl (C=O) groups excluding carboxylic acids is 1. The molecule has 1 aliphatic heterocycles. The first-order valence-corrected chi connectivity index (χ1v) is 7.19. The summed E-state index contributed by atoms with van der Waals surface area (Å²) in [5, 5.41) is 0.400. The van der Waals surface area contributed by atoms with Gasteiger partial charge in [-0.3, -0.25) is 4.79 Å². The Morgan fingerprint density at radius 2 is 1.86 bits per heavy atom. The monoisotopic (exact) mass is 302 g/mol. The van der Waals surface area contributed by atoms with E-state index in [0.29, 0.717) is 41.7 Å². The third-order valence-electron chi connectivity index (χ3n) is 3.38. The molecular weight excluding hydrogens is 288 g/mol. The van der Waals surface area contributed by atoms with E-state index < -0.39 is 0 Å². The summed E-state index contributed by atoms with van der Waals surface area (Å²) in [5.41, 5.74) is 2.59. The Hall–Kier alpha value is -2.00. The smallest absolute Gasteiger partial charge is 0.168 e. The van der Waals surface area contributed by atoms with Crippen molar-refractivity contribution in [1.82, 2.24) is 0 Å². The molecule has 0 N–H and O–H groups in total. The van der Waals surface area contributed by atoms with E-state index in [9.17, 15) is 4.79 Å². The zero-order valence-electron chi connectivity index (χ0n) is 11.7. The number of carbonyl (C=O) groups is 1. The Labute approximate surface area is 128 Å². The number of ketones is 1. The molecule has 1 heterocycles. The van der Waals surface area contributed by atoms with Gasteiger partial charge in [-0.15, -0.1) is 0 Å². The standard InChI is InChI=1S/C17H15ClO3/c1-11-3-2-4-12(7-11)8-15(19)13-9-16-17(10-14(13)18)21-6-5-20-16/h2-4,7,9-10H,5-6,8H2,1H3. The van der Waals surface area contributed by atoms with E-state index in [1.807, 2.05) is 31.2 Å². The number of halogens is 1. The number of hydrogen-bond donors (Lipinski definition) is 0. The summed E-state index contributed by atoms with van der Waals surface area (Å²) in [6, 6.07) is 11.2. The van der Waals surface area contributed by atoms with Gasteiger partial charge in [-0.25, -0.2) is 0 Å². The van der Waals surface area contributed by atoms with Gasteiger partial charge in [-0.05, 0) is 18.6 Å². The highest BCUT2D eigenvalue weighted by Crippen LogP contribution is 2.35. The lowest BCUT2D eigenvalue weighted by Crippen LogP contribution is -2.16. The number of benzene rings is 2. The number of aryl methyl sites for hydroxylation is 1. The van der Waals surface area contributed by atoms with Gasteiger partial charge in [0, 0.05) is 18.1 Å². The SMILES string of the molecule is Cc1cccc(CC(=O)c2cc3c(cc2Cl)OCCO3)c1. The molecule has 0 aromatic heterocycles. The number of rotatable bonds is 3. The third-order valence-corrected chi connectivity index (χ3v) is 3.69. The van der Waals surface area contributed by atoms with Crippen LogP contribution in [-0.2, 0) is 6.42 Å². The minimum absolute atomic E-state index is 0.0254. The molecule has 0 saturated carbocycles. The average Bonchev–Trinajstić information content (AvgIpc) is 2.46. The topological polar surface area (TPSA) is 35.5 Å². The van der Waals surface area contributed by atoms with Crippen molar-refractivity contribution in [3.05, 3.63) is 58.1 Å². The van der Waals surface area contributed by atoms with E-state index in [4.69, 9.17) is 21.1 Å². The molecular formula is C17H15ClO3. The fourth-order valence-corrected chi connectivity index (χ4v) is 2.64. The van der Waals surface area contributed by atoms with Crippen LogP contribution in [0.25, 0.3) is 0 Å². The summed E-state index contributed by atoms with van der Waals surface area (Å²) in [6.07, 6.45) is 0.320. The highest BCUT2D eigenvalue weighted by atomic mass is 35.5. The first-order chi connectivity index (χ1) is 10.1. The van der Waals surface area contributed by atoms with Gasteiger partial charge >= 0.3 is 0 Å². The van der Waals surface area contributed by atoms with Crippen molar-refractivity contribution in [3.63, 3.8) is 0 Å². The Morgan fingerprint density at radius 3 is 2.57 bits per heavy atom. The summed E-state index contributed by atoms with van der Waals surface area (Å²) < 4.78 is 11.0. The van der Waals surface area contributed by atoms with Gasteiger partial charge in [0.25, 0.3) is 0 Å². The van der Waals surface area contributed by atoms with Crippen LogP contribution in [0, 0.1) is 6.92 Å². The maximum absolute atomic E-state index is 12.5. The van der Waals surface area contributed by atoms with Crippen LogP contribution in [0.1, 0.15) is 21.5 Å². The highest BCUT2D eigenvalue weighted by molar-refractivity contribution is 6.34. The van der Waals surface area contributed by atoms with E-state index in [1.165, 1.54) is 0 Å². The van der Waals surface area contributed by atoms with Crippen molar-refractivity contribution >= 4 is 17.4 Å². The largest absolute Gasteiger partial charge is 0.486 e. The molecule has 4 heteroatoms. The van der Waals surface area contributed by atoms with Crippen molar-refractivity contribution in [3.8, 4) is 11.5 Å². The van der Waals surface area contributed by atoms with Gasteiger partial charge in [-0.2, -0.15) is 0 Å².